The molecule has 0 spiro atoms. The van der Waals surface area contributed by atoms with Crippen LogP contribution in [-0.2, 0) is 9.53 Å². The van der Waals surface area contributed by atoms with Crippen molar-refractivity contribution in [1.29, 1.82) is 0 Å². The Morgan fingerprint density at radius 1 is 1.35 bits per heavy atom. The molecule has 2 unspecified atom stereocenters. The van der Waals surface area contributed by atoms with Gasteiger partial charge in [0.2, 0.25) is 0 Å². The van der Waals surface area contributed by atoms with Crippen LogP contribution in [0.1, 0.15) is 12.8 Å². The Kier molecular flexibility index (Phi) is 3.14. The first-order valence-corrected chi connectivity index (χ1v) is 5.41. The van der Waals surface area contributed by atoms with Gasteiger partial charge in [-0.2, -0.15) is 8.78 Å². The van der Waals surface area contributed by atoms with Crippen molar-refractivity contribution >= 4 is 5.97 Å². The second-order valence-electron chi connectivity index (χ2n) is 4.56. The van der Waals surface area contributed by atoms with E-state index in [1.54, 1.807) is 0 Å². The predicted octanol–water partition coefficient (Wildman–Crippen LogP) is 2.64. The Morgan fingerprint density at radius 2 is 2.06 bits per heavy atom. The molecule has 0 saturated heterocycles. The van der Waals surface area contributed by atoms with Crippen LogP contribution in [0.5, 0.6) is 0 Å². The molecule has 0 aromatic rings. The molecule has 0 N–H and O–H groups in total. The van der Waals surface area contributed by atoms with Crippen LogP contribution in [0, 0.1) is 17.8 Å². The molecule has 1 saturated carbocycles. The van der Waals surface area contributed by atoms with Crippen molar-refractivity contribution in [3.63, 3.8) is 0 Å². The number of allylic oxidation sites excluding steroid dienone is 2. The fourth-order valence-corrected chi connectivity index (χ4v) is 2.39. The number of carbonyl (C=O) groups excluding carboxylic acids is 1. The first-order chi connectivity index (χ1) is 7.90. The Balaban J connectivity index is 1.84. The van der Waals surface area contributed by atoms with Crippen molar-refractivity contribution in [2.45, 2.75) is 25.2 Å². The highest BCUT2D eigenvalue weighted by Crippen LogP contribution is 2.44. The third kappa shape index (κ3) is 2.45. The van der Waals surface area contributed by atoms with Gasteiger partial charge in [0.1, 0.15) is 0 Å². The van der Waals surface area contributed by atoms with Gasteiger partial charge in [0, 0.05) is 0 Å². The molecule has 0 radical (unpaired) electrons. The molecule has 0 aliphatic heterocycles. The molecule has 3 atom stereocenters. The lowest BCUT2D eigenvalue weighted by atomic mass is 9.94. The molecule has 96 valence electrons. The van der Waals surface area contributed by atoms with E-state index in [4.69, 9.17) is 0 Å². The SMILES string of the molecule is O=C(OCC(F)(F)C(F)F)[C@H]1CC2C=CC1C2. The summed E-state index contributed by atoms with van der Waals surface area (Å²) < 4.78 is 53.1. The summed E-state index contributed by atoms with van der Waals surface area (Å²) in [7, 11) is 0. The molecule has 2 rings (SSSR count). The second-order valence-corrected chi connectivity index (χ2v) is 4.56. The minimum atomic E-state index is -4.26. The van der Waals surface area contributed by atoms with E-state index in [0.29, 0.717) is 12.3 Å². The molecular weight excluding hydrogens is 240 g/mol. The number of fused-ring (bicyclic) bond motifs is 2. The third-order valence-corrected chi connectivity index (χ3v) is 3.31. The lowest BCUT2D eigenvalue weighted by molar-refractivity contribution is -0.183. The van der Waals surface area contributed by atoms with Crippen LogP contribution < -0.4 is 0 Å². The maximum Gasteiger partial charge on any atom is 0.340 e. The van der Waals surface area contributed by atoms with Crippen molar-refractivity contribution in [2.75, 3.05) is 6.61 Å². The van der Waals surface area contributed by atoms with Crippen LogP contribution in [0.25, 0.3) is 0 Å². The first kappa shape index (κ1) is 12.4. The summed E-state index contributed by atoms with van der Waals surface area (Å²) in [6.07, 6.45) is 1.44. The minimum absolute atomic E-state index is 0.0210. The maximum atomic E-state index is 12.5. The average molecular weight is 252 g/mol. The molecule has 0 aromatic heterocycles. The monoisotopic (exact) mass is 252 g/mol. The molecule has 0 heterocycles. The lowest BCUT2D eigenvalue weighted by Crippen LogP contribution is -2.35. The van der Waals surface area contributed by atoms with Crippen LogP contribution >= 0.6 is 0 Å². The van der Waals surface area contributed by atoms with Crippen LogP contribution in [-0.4, -0.2) is 24.9 Å². The van der Waals surface area contributed by atoms with E-state index in [2.05, 4.69) is 4.74 Å². The van der Waals surface area contributed by atoms with Crippen molar-refractivity contribution in [3.8, 4) is 0 Å². The first-order valence-electron chi connectivity index (χ1n) is 5.41. The van der Waals surface area contributed by atoms with Crippen LogP contribution in [0.2, 0.25) is 0 Å². The van der Waals surface area contributed by atoms with Gasteiger partial charge in [-0.15, -0.1) is 0 Å². The Labute approximate surface area is 95.6 Å². The summed E-state index contributed by atoms with van der Waals surface area (Å²) in [6.45, 7) is -1.54. The Morgan fingerprint density at radius 3 is 2.53 bits per heavy atom. The van der Waals surface area contributed by atoms with E-state index in [-0.39, 0.29) is 5.92 Å². The average Bonchev–Trinajstić information content (AvgIpc) is 2.87. The molecular formula is C11H12F4O2. The normalized spacial score (nSPS) is 31.2. The quantitative estimate of drug-likeness (QED) is 0.437. The van der Waals surface area contributed by atoms with Crippen molar-refractivity contribution in [2.24, 2.45) is 17.8 Å². The molecule has 6 heteroatoms. The largest absolute Gasteiger partial charge is 0.459 e. The van der Waals surface area contributed by atoms with Gasteiger partial charge in [-0.25, -0.2) is 8.78 Å². The zero-order valence-corrected chi connectivity index (χ0v) is 8.91. The molecule has 0 amide bonds. The number of halogens is 4. The summed E-state index contributed by atoms with van der Waals surface area (Å²) in [5.41, 5.74) is 0. The van der Waals surface area contributed by atoms with Gasteiger partial charge in [0.25, 0.3) is 0 Å². The van der Waals surface area contributed by atoms with E-state index in [0.717, 1.165) is 6.42 Å². The summed E-state index contributed by atoms with van der Waals surface area (Å²) in [6, 6.07) is 0. The minimum Gasteiger partial charge on any atom is -0.459 e. The fraction of sp³-hybridized carbons (Fsp3) is 0.727. The van der Waals surface area contributed by atoms with Crippen LogP contribution in [0.4, 0.5) is 17.6 Å². The van der Waals surface area contributed by atoms with E-state index in [1.165, 1.54) is 0 Å². The predicted molar refractivity (Wildman–Crippen MR) is 50.8 cm³/mol. The molecule has 2 aliphatic carbocycles. The lowest BCUT2D eigenvalue weighted by Gasteiger charge is -2.19. The van der Waals surface area contributed by atoms with E-state index in [1.807, 2.05) is 12.2 Å². The van der Waals surface area contributed by atoms with Gasteiger partial charge in [-0.05, 0) is 24.7 Å². The Hall–Kier alpha value is -1.07. The molecule has 2 bridgehead atoms. The molecule has 1 fully saturated rings. The number of rotatable bonds is 4. The van der Waals surface area contributed by atoms with Crippen molar-refractivity contribution in [3.05, 3.63) is 12.2 Å². The number of hydrogen-bond acceptors (Lipinski definition) is 2. The van der Waals surface area contributed by atoms with Crippen molar-refractivity contribution in [1.82, 2.24) is 0 Å². The molecule has 0 aromatic carbocycles. The van der Waals surface area contributed by atoms with E-state index < -0.39 is 30.8 Å². The zero-order valence-electron chi connectivity index (χ0n) is 8.91. The van der Waals surface area contributed by atoms with Gasteiger partial charge < -0.3 is 4.74 Å². The molecule has 2 nitrogen and oxygen atoms in total. The summed E-state index contributed by atoms with van der Waals surface area (Å²) in [5, 5.41) is 0. The number of esters is 1. The maximum absolute atomic E-state index is 12.5. The summed E-state index contributed by atoms with van der Waals surface area (Å²) in [4.78, 5) is 11.5. The third-order valence-electron chi connectivity index (χ3n) is 3.31. The van der Waals surface area contributed by atoms with E-state index in [9.17, 15) is 22.4 Å². The van der Waals surface area contributed by atoms with Gasteiger partial charge >= 0.3 is 18.3 Å². The Bertz CT molecular complexity index is 340. The topological polar surface area (TPSA) is 26.3 Å². The van der Waals surface area contributed by atoms with Gasteiger partial charge in [0.05, 0.1) is 5.92 Å². The summed E-state index contributed by atoms with van der Waals surface area (Å²) >= 11 is 0. The highest BCUT2D eigenvalue weighted by atomic mass is 19.3. The van der Waals surface area contributed by atoms with Gasteiger partial charge in [-0.3, -0.25) is 4.79 Å². The number of hydrogen-bond donors (Lipinski definition) is 0. The van der Waals surface area contributed by atoms with Crippen molar-refractivity contribution < 1.29 is 27.1 Å². The number of ether oxygens (including phenoxy) is 1. The second kappa shape index (κ2) is 4.31. The number of alkyl halides is 4. The zero-order chi connectivity index (χ0) is 12.6. The highest BCUT2D eigenvalue weighted by Gasteiger charge is 2.45. The summed E-state index contributed by atoms with van der Waals surface area (Å²) in [5.74, 6) is -5.18. The van der Waals surface area contributed by atoms with E-state index >= 15 is 0 Å². The molecule has 17 heavy (non-hydrogen) atoms. The van der Waals surface area contributed by atoms with Crippen LogP contribution in [0.3, 0.4) is 0 Å². The van der Waals surface area contributed by atoms with Gasteiger partial charge in [0.15, 0.2) is 6.61 Å². The fourth-order valence-electron chi connectivity index (χ4n) is 2.39. The van der Waals surface area contributed by atoms with Gasteiger partial charge in [-0.1, -0.05) is 12.2 Å². The standard InChI is InChI=1S/C11H12F4O2/c12-10(13)11(14,15)5-17-9(16)8-4-6-1-2-7(8)3-6/h1-2,6-8,10H,3-5H2/t6?,7?,8-/m0/s1. The van der Waals surface area contributed by atoms with Crippen LogP contribution in [0.15, 0.2) is 12.2 Å². The smallest absolute Gasteiger partial charge is 0.340 e. The number of carbonyl (C=O) groups is 1. The highest BCUT2D eigenvalue weighted by molar-refractivity contribution is 5.74. The molecule has 2 aliphatic rings.